The topological polar surface area (TPSA) is 96.7 Å². The van der Waals surface area contributed by atoms with E-state index in [1.54, 1.807) is 4.90 Å². The minimum absolute atomic E-state index is 0.0469. The molecule has 8 heteroatoms. The van der Waals surface area contributed by atoms with Gasteiger partial charge in [-0.2, -0.15) is 0 Å². The van der Waals surface area contributed by atoms with Crippen LogP contribution in [-0.4, -0.2) is 39.9 Å². The number of aryl methyl sites for hydroxylation is 2. The average Bonchev–Trinajstić information content (AvgIpc) is 3.21. The standard InChI is InChI=1S/C27H32N4O4/c1-16-5-4-6-19(15-16)28-26-29-24-21-12-7-17(2)30(27(34)35-3)22(21)13-14-23(24)31(26)20-10-8-18(9-11-20)25(32)33/h4-6,13-15,17-18,20H,7-12H2,1-3H3,(H,28,29)(H,32,33)/t17-,18-,20-/m0/s1. The normalized spacial score (nSPS) is 22.0. The van der Waals surface area contributed by atoms with Crippen LogP contribution in [-0.2, 0) is 16.0 Å². The van der Waals surface area contributed by atoms with E-state index in [0.29, 0.717) is 12.8 Å². The highest BCUT2D eigenvalue weighted by molar-refractivity contribution is 5.96. The number of rotatable bonds is 4. The van der Waals surface area contributed by atoms with Crippen molar-refractivity contribution in [3.63, 3.8) is 0 Å². The second-order valence-electron chi connectivity index (χ2n) is 9.80. The van der Waals surface area contributed by atoms with Gasteiger partial charge in [0.15, 0.2) is 0 Å². The molecule has 2 heterocycles. The molecule has 1 aliphatic heterocycles. The van der Waals surface area contributed by atoms with Crippen LogP contribution >= 0.6 is 0 Å². The summed E-state index contributed by atoms with van der Waals surface area (Å²) in [7, 11) is 1.41. The van der Waals surface area contributed by atoms with Crippen LogP contribution < -0.4 is 10.2 Å². The van der Waals surface area contributed by atoms with Gasteiger partial charge in [0.25, 0.3) is 0 Å². The van der Waals surface area contributed by atoms with Gasteiger partial charge in [0.2, 0.25) is 5.95 Å². The first kappa shape index (κ1) is 23.2. The predicted octanol–water partition coefficient (Wildman–Crippen LogP) is 5.81. The van der Waals surface area contributed by atoms with Gasteiger partial charge in [-0.3, -0.25) is 9.69 Å². The van der Waals surface area contributed by atoms with E-state index in [-0.39, 0.29) is 24.1 Å². The molecule has 0 saturated heterocycles. The van der Waals surface area contributed by atoms with E-state index in [4.69, 9.17) is 9.72 Å². The third kappa shape index (κ3) is 4.22. The molecule has 1 atom stereocenters. The summed E-state index contributed by atoms with van der Waals surface area (Å²) >= 11 is 0. The van der Waals surface area contributed by atoms with E-state index < -0.39 is 5.97 Å². The number of carboxylic acid groups (broad SMARTS) is 1. The Morgan fingerprint density at radius 2 is 1.89 bits per heavy atom. The lowest BCUT2D eigenvalue weighted by molar-refractivity contribution is -0.143. The third-order valence-electron chi connectivity index (χ3n) is 7.51. The number of carbonyl (C=O) groups excluding carboxylic acids is 1. The summed E-state index contributed by atoms with van der Waals surface area (Å²) in [6, 6.07) is 12.4. The summed E-state index contributed by atoms with van der Waals surface area (Å²) in [4.78, 5) is 30.9. The first-order chi connectivity index (χ1) is 16.9. The fourth-order valence-electron chi connectivity index (χ4n) is 5.67. The quantitative estimate of drug-likeness (QED) is 0.493. The smallest absolute Gasteiger partial charge is 0.414 e. The van der Waals surface area contributed by atoms with E-state index in [0.717, 1.165) is 65.2 Å². The number of ether oxygens (including phenoxy) is 1. The summed E-state index contributed by atoms with van der Waals surface area (Å²) in [6.45, 7) is 4.09. The van der Waals surface area contributed by atoms with E-state index in [1.165, 1.54) is 7.11 Å². The fraction of sp³-hybridized carbons (Fsp3) is 0.444. The SMILES string of the molecule is COC(=O)N1c2ccc3c(nc(Nc4cccc(C)c4)n3[C@H]3CC[C@H](C(=O)O)CC3)c2CC[C@@H]1C. The predicted molar refractivity (Wildman–Crippen MR) is 135 cm³/mol. The van der Waals surface area contributed by atoms with Crippen LogP contribution in [0.15, 0.2) is 36.4 Å². The highest BCUT2D eigenvalue weighted by atomic mass is 16.5. The van der Waals surface area contributed by atoms with E-state index in [2.05, 4.69) is 28.9 Å². The maximum absolute atomic E-state index is 12.6. The molecule has 184 valence electrons. The van der Waals surface area contributed by atoms with Crippen molar-refractivity contribution in [1.82, 2.24) is 9.55 Å². The first-order valence-electron chi connectivity index (χ1n) is 12.3. The van der Waals surface area contributed by atoms with Crippen molar-refractivity contribution in [3.8, 4) is 0 Å². The fourth-order valence-corrected chi connectivity index (χ4v) is 5.67. The van der Waals surface area contributed by atoms with Crippen LogP contribution in [0.5, 0.6) is 0 Å². The molecule has 0 bridgehead atoms. The Kier molecular flexibility index (Phi) is 6.13. The van der Waals surface area contributed by atoms with Crippen molar-refractivity contribution >= 4 is 40.4 Å². The van der Waals surface area contributed by atoms with Gasteiger partial charge in [0.05, 0.1) is 29.7 Å². The summed E-state index contributed by atoms with van der Waals surface area (Å²) in [6.07, 6.45) is 4.18. The number of imidazole rings is 1. The molecule has 1 fully saturated rings. The lowest BCUT2D eigenvalue weighted by atomic mass is 9.86. The lowest BCUT2D eigenvalue weighted by Crippen LogP contribution is -2.42. The molecular formula is C27H32N4O4. The van der Waals surface area contributed by atoms with Gasteiger partial charge < -0.3 is 19.7 Å². The molecule has 2 aliphatic rings. The number of benzene rings is 2. The highest BCUT2D eigenvalue weighted by Gasteiger charge is 2.33. The number of carbonyl (C=O) groups is 2. The number of amides is 1. The molecule has 1 aromatic heterocycles. The number of aliphatic carboxylic acids is 1. The molecule has 2 aromatic carbocycles. The number of hydrogen-bond acceptors (Lipinski definition) is 5. The number of nitrogens with zero attached hydrogens (tertiary/aromatic N) is 3. The van der Waals surface area contributed by atoms with E-state index in [9.17, 15) is 14.7 Å². The van der Waals surface area contributed by atoms with E-state index >= 15 is 0 Å². The second-order valence-corrected chi connectivity index (χ2v) is 9.80. The van der Waals surface area contributed by atoms with Crippen LogP contribution in [0.1, 0.15) is 56.2 Å². The third-order valence-corrected chi connectivity index (χ3v) is 7.51. The van der Waals surface area contributed by atoms with Gasteiger partial charge >= 0.3 is 12.1 Å². The first-order valence-corrected chi connectivity index (χ1v) is 12.3. The van der Waals surface area contributed by atoms with Crippen molar-refractivity contribution in [2.45, 2.75) is 64.5 Å². The number of anilines is 3. The Labute approximate surface area is 204 Å². The minimum Gasteiger partial charge on any atom is -0.481 e. The zero-order valence-electron chi connectivity index (χ0n) is 20.5. The second kappa shape index (κ2) is 9.24. The molecule has 5 rings (SSSR count). The number of carboxylic acids is 1. The molecule has 2 N–H and O–H groups in total. The van der Waals surface area contributed by atoms with Crippen molar-refractivity contribution in [3.05, 3.63) is 47.5 Å². The van der Waals surface area contributed by atoms with Crippen LogP contribution in [0, 0.1) is 12.8 Å². The monoisotopic (exact) mass is 476 g/mol. The molecule has 8 nitrogen and oxygen atoms in total. The number of aromatic nitrogens is 2. The number of hydrogen-bond donors (Lipinski definition) is 2. The summed E-state index contributed by atoms with van der Waals surface area (Å²) in [5, 5.41) is 13.0. The lowest BCUT2D eigenvalue weighted by Gasteiger charge is -2.34. The molecule has 1 amide bonds. The van der Waals surface area contributed by atoms with Crippen LogP contribution in [0.2, 0.25) is 0 Å². The molecule has 0 unspecified atom stereocenters. The zero-order valence-corrected chi connectivity index (χ0v) is 20.5. The largest absolute Gasteiger partial charge is 0.481 e. The molecule has 35 heavy (non-hydrogen) atoms. The zero-order chi connectivity index (χ0) is 24.7. The summed E-state index contributed by atoms with van der Waals surface area (Å²) in [5.41, 5.74) is 5.91. The maximum atomic E-state index is 12.6. The Morgan fingerprint density at radius 3 is 2.57 bits per heavy atom. The number of nitrogens with one attached hydrogen (secondary N) is 1. The Balaban J connectivity index is 1.62. The van der Waals surface area contributed by atoms with Crippen LogP contribution in [0.3, 0.4) is 0 Å². The number of methoxy groups -OCH3 is 1. The molecule has 1 aliphatic carbocycles. The molecular weight excluding hydrogens is 444 g/mol. The molecule has 0 spiro atoms. The van der Waals surface area contributed by atoms with Crippen LogP contribution in [0.25, 0.3) is 11.0 Å². The van der Waals surface area contributed by atoms with E-state index in [1.807, 2.05) is 31.2 Å². The molecule has 1 saturated carbocycles. The number of fused-ring (bicyclic) bond motifs is 3. The van der Waals surface area contributed by atoms with Crippen molar-refractivity contribution in [1.29, 1.82) is 0 Å². The minimum atomic E-state index is -0.705. The van der Waals surface area contributed by atoms with Crippen LogP contribution in [0.4, 0.5) is 22.1 Å². The van der Waals surface area contributed by atoms with Gasteiger partial charge in [-0.1, -0.05) is 12.1 Å². The van der Waals surface area contributed by atoms with Gasteiger partial charge in [-0.05, 0) is 82.2 Å². The van der Waals surface area contributed by atoms with Crippen molar-refractivity contribution < 1.29 is 19.4 Å². The van der Waals surface area contributed by atoms with Gasteiger partial charge in [0, 0.05) is 23.3 Å². The van der Waals surface area contributed by atoms with Gasteiger partial charge in [0.1, 0.15) is 0 Å². The summed E-state index contributed by atoms with van der Waals surface area (Å²) in [5.74, 6) is -0.235. The maximum Gasteiger partial charge on any atom is 0.414 e. The molecule has 0 radical (unpaired) electrons. The summed E-state index contributed by atoms with van der Waals surface area (Å²) < 4.78 is 7.32. The van der Waals surface area contributed by atoms with Crippen molar-refractivity contribution in [2.75, 3.05) is 17.3 Å². The van der Waals surface area contributed by atoms with Crippen molar-refractivity contribution in [2.24, 2.45) is 5.92 Å². The molecule has 3 aromatic rings. The Bertz CT molecular complexity index is 1280. The average molecular weight is 477 g/mol. The Hall–Kier alpha value is -3.55. The van der Waals surface area contributed by atoms with Gasteiger partial charge in [-0.25, -0.2) is 9.78 Å². The highest BCUT2D eigenvalue weighted by Crippen LogP contribution is 2.41. The Morgan fingerprint density at radius 1 is 1.11 bits per heavy atom. The van der Waals surface area contributed by atoms with Gasteiger partial charge in [-0.15, -0.1) is 0 Å².